The van der Waals surface area contributed by atoms with E-state index in [0.717, 1.165) is 64.2 Å². The summed E-state index contributed by atoms with van der Waals surface area (Å²) in [5.74, 6) is -2.01. The summed E-state index contributed by atoms with van der Waals surface area (Å²) < 4.78 is 0. The number of aliphatic hydroxyl groups is 3. The van der Waals surface area contributed by atoms with Crippen LogP contribution in [0.25, 0.3) is 0 Å². The van der Waals surface area contributed by atoms with Crippen molar-refractivity contribution in [3.63, 3.8) is 0 Å². The maximum Gasteiger partial charge on any atom is 0.303 e. The lowest BCUT2D eigenvalue weighted by Crippen LogP contribution is -2.32. The molecule has 9 heteroatoms. The van der Waals surface area contributed by atoms with Crippen LogP contribution in [0.2, 0.25) is 0 Å². The monoisotopic (exact) mass is 977 g/mol. The lowest BCUT2D eigenvalue weighted by atomic mass is 9.88. The quantitative estimate of drug-likeness (QED) is 0.0256. The second-order valence-electron chi connectivity index (χ2n) is 18.8. The molecule has 0 heterocycles. The largest absolute Gasteiger partial charge is 0.481 e. The van der Waals surface area contributed by atoms with Gasteiger partial charge in [-0.05, 0) is 116 Å². The third kappa shape index (κ3) is 71.7. The molecule has 69 heavy (non-hydrogen) atoms. The van der Waals surface area contributed by atoms with E-state index >= 15 is 0 Å². The highest BCUT2D eigenvalue weighted by molar-refractivity contribution is 5.67. The zero-order valence-electron chi connectivity index (χ0n) is 45.4. The van der Waals surface area contributed by atoms with Crippen LogP contribution >= 0.6 is 0 Å². The smallest absolute Gasteiger partial charge is 0.303 e. The molecule has 9 nitrogen and oxygen atoms in total. The van der Waals surface area contributed by atoms with E-state index in [2.05, 4.69) is 81.5 Å². The summed E-state index contributed by atoms with van der Waals surface area (Å²) in [6, 6.07) is 0. The van der Waals surface area contributed by atoms with E-state index in [1.54, 1.807) is 0 Å². The predicted molar refractivity (Wildman–Crippen MR) is 295 cm³/mol. The second kappa shape index (κ2) is 65.0. The topological polar surface area (TPSA) is 173 Å². The molecule has 0 aromatic heterocycles. The summed E-state index contributed by atoms with van der Waals surface area (Å²) in [5.41, 5.74) is -0.667. The van der Waals surface area contributed by atoms with Gasteiger partial charge in [-0.1, -0.05) is 204 Å². The van der Waals surface area contributed by atoms with Crippen LogP contribution in [0.4, 0.5) is 0 Å². The molecule has 6 N–H and O–H groups in total. The van der Waals surface area contributed by atoms with Gasteiger partial charge in [0, 0.05) is 24.7 Å². The van der Waals surface area contributed by atoms with Crippen LogP contribution in [0.5, 0.6) is 0 Å². The van der Waals surface area contributed by atoms with E-state index in [1.807, 2.05) is 6.92 Å². The fourth-order valence-corrected chi connectivity index (χ4v) is 7.01. The zero-order valence-corrected chi connectivity index (χ0v) is 45.4. The maximum absolute atomic E-state index is 10.3. The molecule has 0 radical (unpaired) electrons. The SMILES string of the molecule is CCC(CO)(CO)CO.CCCCC/C=C\C/C=C\CCCCCCCC(=O)O.CCCCC/C=C\C/C=C\CCCCCCCC(=O)O.CCCCCCCC/C=C\CCCCCCCC(=O)O. The van der Waals surface area contributed by atoms with Crippen molar-refractivity contribution in [3.05, 3.63) is 60.8 Å². The van der Waals surface area contributed by atoms with Crippen LogP contribution in [0, 0.1) is 5.41 Å². The van der Waals surface area contributed by atoms with Gasteiger partial charge in [0.1, 0.15) is 0 Å². The summed E-state index contributed by atoms with van der Waals surface area (Å²) in [4.78, 5) is 31.0. The number of allylic oxidation sites excluding steroid dienone is 10. The molecular formula is C60H112O9. The van der Waals surface area contributed by atoms with Crippen LogP contribution in [0.1, 0.15) is 278 Å². The Labute approximate surface area is 425 Å². The Morgan fingerprint density at radius 2 is 0.507 bits per heavy atom. The van der Waals surface area contributed by atoms with E-state index in [-0.39, 0.29) is 19.8 Å². The summed E-state index contributed by atoms with van der Waals surface area (Å²) in [5, 5.41) is 51.5. The minimum Gasteiger partial charge on any atom is -0.481 e. The average molecular weight is 978 g/mol. The summed E-state index contributed by atoms with van der Waals surface area (Å²) in [6.45, 7) is 8.08. The van der Waals surface area contributed by atoms with Crippen LogP contribution in [-0.2, 0) is 14.4 Å². The minimum absolute atomic E-state index is 0.156. The van der Waals surface area contributed by atoms with Gasteiger partial charge in [-0.2, -0.15) is 0 Å². The van der Waals surface area contributed by atoms with E-state index in [0.29, 0.717) is 25.7 Å². The Balaban J connectivity index is -0.000000421. The van der Waals surface area contributed by atoms with Gasteiger partial charge in [-0.25, -0.2) is 0 Å². The van der Waals surface area contributed by atoms with Gasteiger partial charge in [0.25, 0.3) is 0 Å². The number of carboxylic acid groups (broad SMARTS) is 3. The molecule has 0 amide bonds. The third-order valence-electron chi connectivity index (χ3n) is 12.1. The van der Waals surface area contributed by atoms with Gasteiger partial charge in [-0.15, -0.1) is 0 Å². The molecule has 0 fully saturated rings. The molecule has 0 aliphatic carbocycles. The van der Waals surface area contributed by atoms with Gasteiger partial charge in [0.15, 0.2) is 0 Å². The lowest BCUT2D eigenvalue weighted by molar-refractivity contribution is -0.138. The highest BCUT2D eigenvalue weighted by Crippen LogP contribution is 2.18. The molecule has 0 unspecified atom stereocenters. The second-order valence-corrected chi connectivity index (χ2v) is 18.8. The molecular weight excluding hydrogens is 865 g/mol. The fourth-order valence-electron chi connectivity index (χ4n) is 7.01. The average Bonchev–Trinajstić information content (AvgIpc) is 3.34. The van der Waals surface area contributed by atoms with Crippen molar-refractivity contribution < 1.29 is 45.0 Å². The lowest BCUT2D eigenvalue weighted by Gasteiger charge is -2.24. The van der Waals surface area contributed by atoms with Crippen LogP contribution in [0.15, 0.2) is 60.8 Å². The number of unbranched alkanes of at least 4 members (excludes halogenated alkanes) is 27. The number of carboxylic acids is 3. The Morgan fingerprint density at radius 1 is 0.304 bits per heavy atom. The van der Waals surface area contributed by atoms with Crippen molar-refractivity contribution in [1.82, 2.24) is 0 Å². The van der Waals surface area contributed by atoms with E-state index in [1.165, 1.54) is 161 Å². The molecule has 0 saturated carbocycles. The number of hydrogen-bond acceptors (Lipinski definition) is 6. The molecule has 0 bridgehead atoms. The standard InChI is InChI=1S/C18H34O2.2C18H32O2.C6H14O3/c3*1-2-3-4-5-6-7-8-9-10-11-12-13-14-15-16-17-18(19)20;1-2-6(3-7,4-8)5-9/h9-10H,2-8,11-17H2,1H3,(H,19,20);2*6-7,9-10H,2-5,8,11-17H2,1H3,(H,19,20);7-9H,2-5H2,1H3/b10-9-;2*7-6-,10-9-;. The molecule has 0 aromatic rings. The molecule has 406 valence electrons. The predicted octanol–water partition coefficient (Wildman–Crippen LogP) is 17.2. The molecule has 0 atom stereocenters. The highest BCUT2D eigenvalue weighted by atomic mass is 16.4. The fraction of sp³-hybridized carbons (Fsp3) is 0.783. The van der Waals surface area contributed by atoms with E-state index in [9.17, 15) is 14.4 Å². The van der Waals surface area contributed by atoms with Crippen molar-refractivity contribution >= 4 is 17.9 Å². The van der Waals surface area contributed by atoms with Crippen molar-refractivity contribution in [2.24, 2.45) is 5.41 Å². The normalized spacial score (nSPS) is 11.6. The van der Waals surface area contributed by atoms with Gasteiger partial charge in [-0.3, -0.25) is 14.4 Å². The first-order valence-electron chi connectivity index (χ1n) is 28.3. The first-order chi connectivity index (χ1) is 33.6. The van der Waals surface area contributed by atoms with Crippen molar-refractivity contribution in [2.75, 3.05) is 19.8 Å². The molecule has 0 aliphatic rings. The highest BCUT2D eigenvalue weighted by Gasteiger charge is 2.24. The van der Waals surface area contributed by atoms with Gasteiger partial charge < -0.3 is 30.6 Å². The van der Waals surface area contributed by atoms with E-state index in [4.69, 9.17) is 30.6 Å². The third-order valence-corrected chi connectivity index (χ3v) is 12.1. The number of aliphatic carboxylic acids is 3. The molecule has 0 rings (SSSR count). The molecule has 0 aromatic carbocycles. The number of rotatable bonds is 47. The zero-order chi connectivity index (χ0) is 52.0. The van der Waals surface area contributed by atoms with Crippen LogP contribution in [0.3, 0.4) is 0 Å². The summed E-state index contributed by atoms with van der Waals surface area (Å²) >= 11 is 0. The first kappa shape index (κ1) is 72.5. The minimum atomic E-state index is -0.671. The van der Waals surface area contributed by atoms with Crippen molar-refractivity contribution in [3.8, 4) is 0 Å². The molecule has 0 spiro atoms. The van der Waals surface area contributed by atoms with Gasteiger partial charge in [0.05, 0.1) is 19.8 Å². The number of hydrogen-bond donors (Lipinski definition) is 6. The number of carbonyl (C=O) groups is 3. The first-order valence-corrected chi connectivity index (χ1v) is 28.3. The summed E-state index contributed by atoms with van der Waals surface area (Å²) in [7, 11) is 0. The van der Waals surface area contributed by atoms with Gasteiger partial charge >= 0.3 is 17.9 Å². The van der Waals surface area contributed by atoms with E-state index < -0.39 is 23.3 Å². The Morgan fingerprint density at radius 3 is 0.725 bits per heavy atom. The molecule has 0 saturated heterocycles. The Hall–Kier alpha value is -3.01. The Kier molecular flexibility index (Phi) is 68.3. The van der Waals surface area contributed by atoms with Crippen molar-refractivity contribution in [2.45, 2.75) is 278 Å². The van der Waals surface area contributed by atoms with Gasteiger partial charge in [0.2, 0.25) is 0 Å². The molecule has 0 aliphatic heterocycles. The maximum atomic E-state index is 10.3. The van der Waals surface area contributed by atoms with Crippen LogP contribution < -0.4 is 0 Å². The van der Waals surface area contributed by atoms with Crippen LogP contribution in [-0.4, -0.2) is 68.4 Å². The van der Waals surface area contributed by atoms with Crippen molar-refractivity contribution in [1.29, 1.82) is 0 Å². The Bertz CT molecular complexity index is 1110. The number of aliphatic hydroxyl groups excluding tert-OH is 3. The summed E-state index contributed by atoms with van der Waals surface area (Å²) in [6.07, 6.45) is 66.4.